The van der Waals surface area contributed by atoms with E-state index in [0.29, 0.717) is 21.0 Å². The van der Waals surface area contributed by atoms with Crippen LogP contribution in [0.25, 0.3) is 11.2 Å². The van der Waals surface area contributed by atoms with Crippen molar-refractivity contribution in [2.24, 2.45) is 0 Å². The van der Waals surface area contributed by atoms with Crippen LogP contribution < -0.4 is 18.9 Å². The van der Waals surface area contributed by atoms with Crippen molar-refractivity contribution in [1.82, 2.24) is 23.6 Å². The first-order valence-electron chi connectivity index (χ1n) is 15.4. The van der Waals surface area contributed by atoms with E-state index in [1.165, 1.54) is 56.8 Å². The third-order valence-electron chi connectivity index (χ3n) is 7.77. The van der Waals surface area contributed by atoms with E-state index in [1.807, 2.05) is 6.92 Å². The molecule has 0 saturated carbocycles. The highest BCUT2D eigenvalue weighted by Gasteiger charge is 2.33. The fourth-order valence-electron chi connectivity index (χ4n) is 5.02. The van der Waals surface area contributed by atoms with Crippen molar-refractivity contribution in [2.45, 2.75) is 42.3 Å². The van der Waals surface area contributed by atoms with E-state index in [4.69, 9.17) is 18.9 Å². The summed E-state index contributed by atoms with van der Waals surface area (Å²) in [5, 5.41) is -0.854. The van der Waals surface area contributed by atoms with Gasteiger partial charge in [-0.3, -0.25) is 4.98 Å². The van der Waals surface area contributed by atoms with Gasteiger partial charge in [0.1, 0.15) is 23.6 Å². The summed E-state index contributed by atoms with van der Waals surface area (Å²) in [7, 11) is -10.1. The molecule has 0 atom stereocenters. The summed E-state index contributed by atoms with van der Waals surface area (Å²) >= 11 is 0. The monoisotopic (exact) mass is 773 g/mol. The van der Waals surface area contributed by atoms with E-state index in [9.17, 15) is 30.0 Å². The molecule has 0 fully saturated rings. The number of aryl methyl sites for hydroxylation is 2. The molecule has 0 spiro atoms. The SMILES string of the molecule is COc1ccc2c(n1)nc(S(=O)(=O)NCc1ncc(C)c(OC)c1C)n2S(=O)(=O)c1ccc(OCC(=O)OCCS(=O)(=O)c2ccc(C)cc2)cc1. The third-order valence-corrected chi connectivity index (χ3v) is 12.6. The van der Waals surface area contributed by atoms with Gasteiger partial charge in [0.15, 0.2) is 22.1 Å². The van der Waals surface area contributed by atoms with Crippen LogP contribution in [0.5, 0.6) is 17.4 Å². The number of sulfone groups is 1. The predicted molar refractivity (Wildman–Crippen MR) is 187 cm³/mol. The molecule has 5 aromatic rings. The summed E-state index contributed by atoms with van der Waals surface area (Å²) < 4.78 is 104. The molecule has 3 aromatic heterocycles. The van der Waals surface area contributed by atoms with Crippen molar-refractivity contribution in [3.63, 3.8) is 0 Å². The quantitative estimate of drug-likeness (QED) is 0.152. The lowest BCUT2D eigenvalue weighted by atomic mass is 10.1. The Morgan fingerprint density at radius 2 is 1.50 bits per heavy atom. The highest BCUT2D eigenvalue weighted by Crippen LogP contribution is 2.29. The number of nitrogens with one attached hydrogen (secondary N) is 1. The third kappa shape index (κ3) is 8.17. The summed E-state index contributed by atoms with van der Waals surface area (Å²) in [5.74, 6) is -0.587. The molecule has 0 aliphatic heterocycles. The van der Waals surface area contributed by atoms with Crippen molar-refractivity contribution in [2.75, 3.05) is 33.2 Å². The molecule has 0 aliphatic rings. The van der Waals surface area contributed by atoms with Gasteiger partial charge in [-0.1, -0.05) is 17.7 Å². The maximum absolute atomic E-state index is 14.1. The van der Waals surface area contributed by atoms with Gasteiger partial charge in [-0.05, 0) is 63.2 Å². The van der Waals surface area contributed by atoms with E-state index in [2.05, 4.69) is 19.7 Å². The molecule has 19 heteroatoms. The number of methoxy groups -OCH3 is 2. The van der Waals surface area contributed by atoms with Crippen molar-refractivity contribution in [3.8, 4) is 17.4 Å². The van der Waals surface area contributed by atoms with E-state index >= 15 is 0 Å². The van der Waals surface area contributed by atoms with Crippen LogP contribution in [0.15, 0.2) is 81.8 Å². The Morgan fingerprint density at radius 3 is 2.15 bits per heavy atom. The minimum atomic E-state index is -4.65. The molecule has 52 heavy (non-hydrogen) atoms. The number of hydrogen-bond acceptors (Lipinski definition) is 14. The number of ether oxygens (including phenoxy) is 4. The lowest BCUT2D eigenvalue weighted by Gasteiger charge is -2.14. The molecule has 0 amide bonds. The minimum absolute atomic E-state index is 0.0750. The number of imidazole rings is 1. The summed E-state index contributed by atoms with van der Waals surface area (Å²) in [5.41, 5.74) is 2.25. The Kier molecular flexibility index (Phi) is 11.2. The highest BCUT2D eigenvalue weighted by atomic mass is 32.2. The van der Waals surface area contributed by atoms with Gasteiger partial charge in [-0.15, -0.1) is 0 Å². The van der Waals surface area contributed by atoms with E-state index in [-0.39, 0.29) is 39.1 Å². The van der Waals surface area contributed by atoms with Crippen LogP contribution in [0.4, 0.5) is 0 Å². The van der Waals surface area contributed by atoms with Crippen LogP contribution >= 0.6 is 0 Å². The average molecular weight is 774 g/mol. The zero-order valence-electron chi connectivity index (χ0n) is 28.7. The molecule has 0 aliphatic carbocycles. The molecule has 0 unspecified atom stereocenters. The number of sulfonamides is 1. The second kappa shape index (κ2) is 15.2. The first kappa shape index (κ1) is 38.1. The van der Waals surface area contributed by atoms with Gasteiger partial charge in [-0.2, -0.15) is 9.97 Å². The largest absolute Gasteiger partial charge is 0.496 e. The summed E-state index contributed by atoms with van der Waals surface area (Å²) in [4.78, 5) is 24.5. The van der Waals surface area contributed by atoms with E-state index < -0.39 is 60.0 Å². The number of hydrogen-bond donors (Lipinski definition) is 1. The molecule has 0 saturated heterocycles. The second-order valence-electron chi connectivity index (χ2n) is 11.3. The van der Waals surface area contributed by atoms with Crippen LogP contribution in [0.1, 0.15) is 22.4 Å². The molecular formula is C33H35N5O11S3. The molecular weight excluding hydrogens is 739 g/mol. The number of pyridine rings is 2. The fourth-order valence-corrected chi connectivity index (χ4v) is 9.02. The maximum Gasteiger partial charge on any atom is 0.344 e. The topological polar surface area (TPSA) is 212 Å². The second-order valence-corrected chi connectivity index (χ2v) is 16.9. The Hall–Kier alpha value is -5.11. The number of carbonyl (C=O) groups excluding carboxylic acids is 1. The van der Waals surface area contributed by atoms with Gasteiger partial charge in [0.05, 0.1) is 42.0 Å². The molecule has 276 valence electrons. The lowest BCUT2D eigenvalue weighted by molar-refractivity contribution is -0.145. The smallest absolute Gasteiger partial charge is 0.344 e. The zero-order valence-corrected chi connectivity index (χ0v) is 31.1. The fraction of sp³-hybridized carbons (Fsp3) is 0.273. The highest BCUT2D eigenvalue weighted by molar-refractivity contribution is 7.92. The van der Waals surface area contributed by atoms with Gasteiger partial charge in [0.2, 0.25) is 5.88 Å². The van der Waals surface area contributed by atoms with Gasteiger partial charge >= 0.3 is 5.97 Å². The molecule has 5 rings (SSSR count). The number of nitrogens with zero attached hydrogens (tertiary/aromatic N) is 4. The minimum Gasteiger partial charge on any atom is -0.496 e. The molecule has 3 heterocycles. The van der Waals surface area contributed by atoms with E-state index in [1.54, 1.807) is 26.0 Å². The number of esters is 1. The van der Waals surface area contributed by atoms with Crippen molar-refractivity contribution < 1.29 is 49.0 Å². The number of fused-ring (bicyclic) bond motifs is 1. The Bertz CT molecular complexity index is 2450. The summed E-state index contributed by atoms with van der Waals surface area (Å²) in [6, 6.07) is 13.8. The lowest BCUT2D eigenvalue weighted by Crippen LogP contribution is -2.29. The van der Waals surface area contributed by atoms with Crippen LogP contribution in [-0.4, -0.2) is 83.3 Å². The number of benzene rings is 2. The predicted octanol–water partition coefficient (Wildman–Crippen LogP) is 2.88. The number of rotatable bonds is 15. The molecule has 0 bridgehead atoms. The normalized spacial score (nSPS) is 12.1. The average Bonchev–Trinajstić information content (AvgIpc) is 3.52. The van der Waals surface area contributed by atoms with Gasteiger partial charge < -0.3 is 18.9 Å². The Balaban J connectivity index is 1.33. The number of aromatic nitrogens is 4. The summed E-state index contributed by atoms with van der Waals surface area (Å²) in [6.07, 6.45) is 1.53. The molecule has 2 aromatic carbocycles. The van der Waals surface area contributed by atoms with E-state index in [0.717, 1.165) is 23.3 Å². The molecule has 1 N–H and O–H groups in total. The maximum atomic E-state index is 14.1. The first-order valence-corrected chi connectivity index (χ1v) is 20.0. The number of carbonyl (C=O) groups is 1. The first-order chi connectivity index (χ1) is 24.6. The Labute approximate surface area is 300 Å². The van der Waals surface area contributed by atoms with Crippen molar-refractivity contribution >= 4 is 47.0 Å². The van der Waals surface area contributed by atoms with Gasteiger partial charge in [0.25, 0.3) is 25.2 Å². The molecule has 16 nitrogen and oxygen atoms in total. The van der Waals surface area contributed by atoms with Crippen LogP contribution in [0.3, 0.4) is 0 Å². The van der Waals surface area contributed by atoms with Gasteiger partial charge in [-0.25, -0.2) is 38.7 Å². The standard InChI is InChI=1S/C33H35N5O11S3/c1-21-6-10-25(11-7-21)50(40,41)17-16-48-30(39)20-49-24-8-12-26(13-9-24)52(44,45)38-28-14-15-29(46-4)36-32(28)37-33(38)51(42,43)35-19-27-23(3)31(47-5)22(2)18-34-27/h6-15,18,35H,16-17,19-20H2,1-5H3. The van der Waals surface area contributed by atoms with Crippen LogP contribution in [0, 0.1) is 20.8 Å². The van der Waals surface area contributed by atoms with Crippen LogP contribution in [-0.2, 0) is 46.0 Å². The van der Waals surface area contributed by atoms with Gasteiger partial charge in [0, 0.05) is 23.4 Å². The molecule has 0 radical (unpaired) electrons. The Morgan fingerprint density at radius 1 is 0.827 bits per heavy atom. The van der Waals surface area contributed by atoms with Crippen LogP contribution in [0.2, 0.25) is 0 Å². The van der Waals surface area contributed by atoms with Crippen molar-refractivity contribution in [1.29, 1.82) is 0 Å². The van der Waals surface area contributed by atoms with Crippen molar-refractivity contribution in [3.05, 3.63) is 89.2 Å². The zero-order chi connectivity index (χ0) is 37.8. The summed E-state index contributed by atoms with van der Waals surface area (Å²) in [6.45, 7) is 4.04.